The third-order valence-electron chi connectivity index (χ3n) is 1.23. The molecule has 3 nitrogen and oxygen atoms in total. The summed E-state index contributed by atoms with van der Waals surface area (Å²) in [5.74, 6) is 0. The fourth-order valence-corrected chi connectivity index (χ4v) is 0.885. The molecule has 12 heavy (non-hydrogen) atoms. The molecular formula is C8H9BrN2O. The monoisotopic (exact) mass is 228 g/mol. The van der Waals surface area contributed by atoms with Crippen LogP contribution in [0.1, 0.15) is 5.56 Å². The molecule has 0 bridgehead atoms. The Morgan fingerprint density at radius 1 is 1.50 bits per heavy atom. The number of methoxy groups -OCH3 is 1. The van der Waals surface area contributed by atoms with Gasteiger partial charge in [0.25, 0.3) is 0 Å². The van der Waals surface area contributed by atoms with Crippen LogP contribution >= 0.6 is 15.9 Å². The van der Waals surface area contributed by atoms with Crippen molar-refractivity contribution in [1.29, 1.82) is 0 Å². The highest BCUT2D eigenvalue weighted by Crippen LogP contribution is 2.03. The van der Waals surface area contributed by atoms with Crippen LogP contribution in [0.4, 0.5) is 0 Å². The zero-order valence-corrected chi connectivity index (χ0v) is 8.28. The Balaban J connectivity index is 2.71. The summed E-state index contributed by atoms with van der Waals surface area (Å²) in [5, 5.41) is 0.832. The van der Waals surface area contributed by atoms with Crippen molar-refractivity contribution >= 4 is 22.0 Å². The van der Waals surface area contributed by atoms with Gasteiger partial charge in [0.05, 0.1) is 7.11 Å². The van der Waals surface area contributed by atoms with E-state index < -0.39 is 0 Å². The van der Waals surface area contributed by atoms with Gasteiger partial charge in [-0.3, -0.25) is 0 Å². The molecular weight excluding hydrogens is 220 g/mol. The zero-order valence-electron chi connectivity index (χ0n) is 6.70. The third kappa shape index (κ3) is 2.62. The number of halogens is 1. The van der Waals surface area contributed by atoms with Crippen molar-refractivity contribution in [3.63, 3.8) is 0 Å². The molecule has 0 N–H and O–H groups in total. The van der Waals surface area contributed by atoms with Gasteiger partial charge in [-0.2, -0.15) is 0 Å². The van der Waals surface area contributed by atoms with Gasteiger partial charge in [-0.1, -0.05) is 28.1 Å². The fraction of sp³-hybridized carbons (Fsp3) is 0.250. The summed E-state index contributed by atoms with van der Waals surface area (Å²) in [6.07, 6.45) is 7.34. The lowest BCUT2D eigenvalue weighted by molar-refractivity contribution is 0.379. The maximum atomic E-state index is 4.82. The highest BCUT2D eigenvalue weighted by Gasteiger charge is 1.91. The molecule has 0 aliphatic rings. The number of hydrogen-bond acceptors (Lipinski definition) is 3. The Labute approximate surface area is 79.6 Å². The number of alkyl halides is 1. The van der Waals surface area contributed by atoms with E-state index >= 15 is 0 Å². The van der Waals surface area contributed by atoms with Gasteiger partial charge < -0.3 is 4.74 Å². The third-order valence-corrected chi connectivity index (χ3v) is 1.60. The minimum Gasteiger partial charge on any atom is -0.467 e. The van der Waals surface area contributed by atoms with Crippen molar-refractivity contribution in [2.75, 3.05) is 12.4 Å². The molecule has 0 aliphatic heterocycles. The van der Waals surface area contributed by atoms with E-state index in [-0.39, 0.29) is 0 Å². The second-order valence-corrected chi connectivity index (χ2v) is 2.71. The van der Waals surface area contributed by atoms with Gasteiger partial charge in [-0.05, 0) is 0 Å². The fourth-order valence-electron chi connectivity index (χ4n) is 0.698. The molecule has 0 spiro atoms. The van der Waals surface area contributed by atoms with Crippen LogP contribution in [0.5, 0.6) is 6.01 Å². The molecule has 1 aromatic heterocycles. The first-order chi connectivity index (χ1) is 5.86. The van der Waals surface area contributed by atoms with E-state index in [9.17, 15) is 0 Å². The normalized spacial score (nSPS) is 10.5. The van der Waals surface area contributed by atoms with Crippen molar-refractivity contribution in [3.8, 4) is 6.01 Å². The average molecular weight is 229 g/mol. The molecule has 0 atom stereocenters. The van der Waals surface area contributed by atoms with Gasteiger partial charge in [-0.25, -0.2) is 9.97 Å². The number of aromatic nitrogens is 2. The Hall–Kier alpha value is -0.900. The average Bonchev–Trinajstić information content (AvgIpc) is 2.15. The van der Waals surface area contributed by atoms with Crippen LogP contribution in [0.15, 0.2) is 18.5 Å². The predicted octanol–water partition coefficient (Wildman–Crippen LogP) is 1.89. The number of allylic oxidation sites excluding steroid dienone is 1. The quantitative estimate of drug-likeness (QED) is 0.742. The van der Waals surface area contributed by atoms with Crippen molar-refractivity contribution in [3.05, 3.63) is 24.0 Å². The molecule has 4 heteroatoms. The van der Waals surface area contributed by atoms with Crippen molar-refractivity contribution in [2.24, 2.45) is 0 Å². The first kappa shape index (κ1) is 9.19. The minimum absolute atomic E-state index is 0.394. The van der Waals surface area contributed by atoms with Gasteiger partial charge in [0.15, 0.2) is 0 Å². The van der Waals surface area contributed by atoms with E-state index in [1.54, 1.807) is 19.5 Å². The Morgan fingerprint density at radius 3 is 2.67 bits per heavy atom. The lowest BCUT2D eigenvalue weighted by atomic mass is 10.3. The van der Waals surface area contributed by atoms with E-state index in [4.69, 9.17) is 4.74 Å². The molecule has 1 rings (SSSR count). The van der Waals surface area contributed by atoms with Crippen LogP contribution in [-0.4, -0.2) is 22.4 Å². The molecule has 0 unspecified atom stereocenters. The van der Waals surface area contributed by atoms with Crippen LogP contribution < -0.4 is 4.74 Å². The molecule has 1 aromatic rings. The lowest BCUT2D eigenvalue weighted by Gasteiger charge is -1.95. The van der Waals surface area contributed by atoms with Crippen LogP contribution in [0.2, 0.25) is 0 Å². The Bertz CT molecular complexity index is 258. The van der Waals surface area contributed by atoms with Gasteiger partial charge in [-0.15, -0.1) is 0 Å². The summed E-state index contributed by atoms with van der Waals surface area (Å²) in [6, 6.07) is 0.394. The smallest absolute Gasteiger partial charge is 0.316 e. The predicted molar refractivity (Wildman–Crippen MR) is 51.4 cm³/mol. The van der Waals surface area contributed by atoms with E-state index in [1.165, 1.54) is 0 Å². The molecule has 64 valence electrons. The SMILES string of the molecule is COc1ncc(C=CCBr)cn1. The van der Waals surface area contributed by atoms with Gasteiger partial charge >= 0.3 is 6.01 Å². The van der Waals surface area contributed by atoms with E-state index in [0.717, 1.165) is 10.9 Å². The van der Waals surface area contributed by atoms with E-state index in [2.05, 4.69) is 25.9 Å². The summed E-state index contributed by atoms with van der Waals surface area (Å²) in [6.45, 7) is 0. The van der Waals surface area contributed by atoms with Crippen molar-refractivity contribution in [2.45, 2.75) is 0 Å². The van der Waals surface area contributed by atoms with E-state index in [0.29, 0.717) is 6.01 Å². The minimum atomic E-state index is 0.394. The van der Waals surface area contributed by atoms with Gasteiger partial charge in [0, 0.05) is 23.3 Å². The number of ether oxygens (including phenoxy) is 1. The van der Waals surface area contributed by atoms with E-state index in [1.807, 2.05) is 12.2 Å². The molecule has 0 fully saturated rings. The topological polar surface area (TPSA) is 35.0 Å². The molecule has 0 saturated carbocycles. The second kappa shape index (κ2) is 4.87. The Kier molecular flexibility index (Phi) is 3.73. The maximum absolute atomic E-state index is 4.82. The van der Waals surface area contributed by atoms with Crippen LogP contribution in [0.3, 0.4) is 0 Å². The van der Waals surface area contributed by atoms with Crippen LogP contribution in [0, 0.1) is 0 Å². The maximum Gasteiger partial charge on any atom is 0.316 e. The number of hydrogen-bond donors (Lipinski definition) is 0. The summed E-state index contributed by atoms with van der Waals surface area (Å²) in [4.78, 5) is 7.90. The molecule has 0 saturated heterocycles. The first-order valence-electron chi connectivity index (χ1n) is 3.45. The molecule has 1 heterocycles. The largest absolute Gasteiger partial charge is 0.467 e. The summed E-state index contributed by atoms with van der Waals surface area (Å²) >= 11 is 3.28. The summed E-state index contributed by atoms with van der Waals surface area (Å²) in [5.41, 5.74) is 0.968. The van der Waals surface area contributed by atoms with Gasteiger partial charge in [0.2, 0.25) is 0 Å². The zero-order chi connectivity index (χ0) is 8.81. The molecule has 0 aliphatic carbocycles. The highest BCUT2D eigenvalue weighted by atomic mass is 79.9. The first-order valence-corrected chi connectivity index (χ1v) is 4.57. The van der Waals surface area contributed by atoms with Crippen molar-refractivity contribution in [1.82, 2.24) is 9.97 Å². The van der Waals surface area contributed by atoms with Gasteiger partial charge in [0.1, 0.15) is 0 Å². The van der Waals surface area contributed by atoms with Crippen LogP contribution in [-0.2, 0) is 0 Å². The highest BCUT2D eigenvalue weighted by molar-refractivity contribution is 9.09. The second-order valence-electron chi connectivity index (χ2n) is 2.06. The molecule has 0 radical (unpaired) electrons. The number of nitrogens with zero attached hydrogens (tertiary/aromatic N) is 2. The summed E-state index contributed by atoms with van der Waals surface area (Å²) in [7, 11) is 1.54. The summed E-state index contributed by atoms with van der Waals surface area (Å²) < 4.78 is 4.82. The van der Waals surface area contributed by atoms with Crippen LogP contribution in [0.25, 0.3) is 6.08 Å². The lowest BCUT2D eigenvalue weighted by Crippen LogP contribution is -1.90. The number of rotatable bonds is 3. The molecule has 0 aromatic carbocycles. The molecule has 0 amide bonds. The Morgan fingerprint density at radius 2 is 2.17 bits per heavy atom. The standard InChI is InChI=1S/C8H9BrN2O/c1-12-8-10-5-7(6-11-8)3-2-4-9/h2-3,5-6H,4H2,1H3. The van der Waals surface area contributed by atoms with Crippen molar-refractivity contribution < 1.29 is 4.74 Å².